The highest BCUT2D eigenvalue weighted by Crippen LogP contribution is 2.25. The topological polar surface area (TPSA) is 81.3 Å². The van der Waals surface area contributed by atoms with E-state index in [1.54, 1.807) is 6.20 Å². The van der Waals surface area contributed by atoms with Crippen LogP contribution in [0.4, 0.5) is 0 Å². The number of likely N-dealkylation sites (tertiary alicyclic amines) is 2. The maximum Gasteiger partial charge on any atom is 0.257 e. The Balaban J connectivity index is 1.26. The standard InChI is InChI=1S/C23H31N5O2/c1-17-21(15-25-26-17)23(30)27-12-9-20(10-13-27)28-11-5-8-19(16-28)22(29)24-14-18-6-3-2-4-7-18/h2-4,6-7,15,19-20H,5,8-14,16H2,1H3,(H,24,29)(H,25,26). The molecule has 0 radical (unpaired) electrons. The number of carbonyl (C=O) groups is 2. The van der Waals surface area contributed by atoms with Gasteiger partial charge in [-0.3, -0.25) is 19.6 Å². The molecule has 1 aromatic heterocycles. The van der Waals surface area contributed by atoms with Gasteiger partial charge in [-0.1, -0.05) is 30.3 Å². The summed E-state index contributed by atoms with van der Waals surface area (Å²) in [5, 5.41) is 9.92. The predicted octanol–water partition coefficient (Wildman–Crippen LogP) is 2.35. The number of rotatable bonds is 5. The van der Waals surface area contributed by atoms with E-state index in [-0.39, 0.29) is 17.7 Å². The number of nitrogens with one attached hydrogen (secondary N) is 2. The molecule has 7 heteroatoms. The number of carbonyl (C=O) groups excluding carboxylic acids is 2. The third kappa shape index (κ3) is 4.73. The van der Waals surface area contributed by atoms with Gasteiger partial charge < -0.3 is 10.2 Å². The lowest BCUT2D eigenvalue weighted by Gasteiger charge is -2.42. The number of aryl methyl sites for hydroxylation is 1. The average molecular weight is 410 g/mol. The summed E-state index contributed by atoms with van der Waals surface area (Å²) in [5.41, 5.74) is 2.62. The van der Waals surface area contributed by atoms with Gasteiger partial charge in [0.05, 0.1) is 17.7 Å². The molecule has 30 heavy (non-hydrogen) atoms. The first-order valence-electron chi connectivity index (χ1n) is 11.0. The Morgan fingerprint density at radius 3 is 2.60 bits per heavy atom. The maximum atomic E-state index is 12.7. The summed E-state index contributed by atoms with van der Waals surface area (Å²) in [7, 11) is 0. The van der Waals surface area contributed by atoms with Crippen LogP contribution in [0.1, 0.15) is 47.3 Å². The van der Waals surface area contributed by atoms with Crippen molar-refractivity contribution in [3.05, 3.63) is 53.3 Å². The first-order chi connectivity index (χ1) is 14.6. The van der Waals surface area contributed by atoms with Gasteiger partial charge in [0.2, 0.25) is 5.91 Å². The van der Waals surface area contributed by atoms with Crippen molar-refractivity contribution in [3.63, 3.8) is 0 Å². The molecule has 0 bridgehead atoms. The molecule has 0 spiro atoms. The molecule has 1 aromatic carbocycles. The van der Waals surface area contributed by atoms with Crippen LogP contribution in [-0.4, -0.2) is 64.0 Å². The van der Waals surface area contributed by atoms with Gasteiger partial charge >= 0.3 is 0 Å². The summed E-state index contributed by atoms with van der Waals surface area (Å²) in [6.07, 6.45) is 5.54. The molecule has 0 aliphatic carbocycles. The van der Waals surface area contributed by atoms with E-state index >= 15 is 0 Å². The van der Waals surface area contributed by atoms with Crippen LogP contribution in [0.2, 0.25) is 0 Å². The summed E-state index contributed by atoms with van der Waals surface area (Å²) in [4.78, 5) is 29.8. The maximum absolute atomic E-state index is 12.7. The Morgan fingerprint density at radius 1 is 1.13 bits per heavy atom. The third-order valence-corrected chi connectivity index (χ3v) is 6.46. The smallest absolute Gasteiger partial charge is 0.257 e. The van der Waals surface area contributed by atoms with Gasteiger partial charge in [0.15, 0.2) is 0 Å². The highest BCUT2D eigenvalue weighted by Gasteiger charge is 2.33. The van der Waals surface area contributed by atoms with Crippen molar-refractivity contribution in [3.8, 4) is 0 Å². The molecule has 7 nitrogen and oxygen atoms in total. The van der Waals surface area contributed by atoms with Crippen molar-refractivity contribution in [2.45, 2.75) is 45.2 Å². The van der Waals surface area contributed by atoms with Crippen molar-refractivity contribution >= 4 is 11.8 Å². The fourth-order valence-electron chi connectivity index (χ4n) is 4.65. The molecule has 2 N–H and O–H groups in total. The minimum Gasteiger partial charge on any atom is -0.352 e. The van der Waals surface area contributed by atoms with Crippen LogP contribution in [0.3, 0.4) is 0 Å². The molecule has 2 fully saturated rings. The zero-order valence-electron chi connectivity index (χ0n) is 17.6. The highest BCUT2D eigenvalue weighted by molar-refractivity contribution is 5.95. The van der Waals surface area contributed by atoms with Gasteiger partial charge in [-0.25, -0.2) is 0 Å². The molecule has 1 unspecified atom stereocenters. The minimum atomic E-state index is 0.0516. The lowest BCUT2D eigenvalue weighted by Crippen LogP contribution is -2.51. The summed E-state index contributed by atoms with van der Waals surface area (Å²) in [6.45, 7) is 5.85. The number of hydrogen-bond acceptors (Lipinski definition) is 4. The van der Waals surface area contributed by atoms with Crippen LogP contribution in [0.25, 0.3) is 0 Å². The van der Waals surface area contributed by atoms with Gasteiger partial charge in [-0.2, -0.15) is 5.10 Å². The van der Waals surface area contributed by atoms with Gasteiger partial charge in [-0.15, -0.1) is 0 Å². The number of piperidine rings is 2. The zero-order chi connectivity index (χ0) is 20.9. The van der Waals surface area contributed by atoms with Crippen molar-refractivity contribution in [2.24, 2.45) is 5.92 Å². The Labute approximate surface area is 177 Å². The number of H-pyrrole nitrogens is 1. The van der Waals surface area contributed by atoms with Crippen LogP contribution in [0, 0.1) is 12.8 Å². The van der Waals surface area contributed by atoms with Crippen molar-refractivity contribution in [1.82, 2.24) is 25.3 Å². The Morgan fingerprint density at radius 2 is 1.90 bits per heavy atom. The van der Waals surface area contributed by atoms with Crippen LogP contribution < -0.4 is 5.32 Å². The van der Waals surface area contributed by atoms with Gasteiger partial charge in [-0.05, 0) is 44.7 Å². The molecule has 2 amide bonds. The second kappa shape index (κ2) is 9.43. The molecule has 2 aliphatic rings. The van der Waals surface area contributed by atoms with E-state index in [4.69, 9.17) is 0 Å². The molecule has 3 heterocycles. The summed E-state index contributed by atoms with van der Waals surface area (Å²) >= 11 is 0. The quantitative estimate of drug-likeness (QED) is 0.794. The molecule has 1 atom stereocenters. The Bertz CT molecular complexity index is 857. The molecular weight excluding hydrogens is 378 g/mol. The highest BCUT2D eigenvalue weighted by atomic mass is 16.2. The van der Waals surface area contributed by atoms with Crippen molar-refractivity contribution in [1.29, 1.82) is 0 Å². The SMILES string of the molecule is Cc1[nH]ncc1C(=O)N1CCC(N2CCCC(C(=O)NCc3ccccc3)C2)CC1. The number of amides is 2. The van der Waals surface area contributed by atoms with E-state index in [1.807, 2.05) is 42.2 Å². The number of hydrogen-bond donors (Lipinski definition) is 2. The molecule has 2 aromatic rings. The average Bonchev–Trinajstić information content (AvgIpc) is 3.23. The van der Waals surface area contributed by atoms with Crippen molar-refractivity contribution in [2.75, 3.05) is 26.2 Å². The summed E-state index contributed by atoms with van der Waals surface area (Å²) in [5.74, 6) is 0.277. The molecule has 2 aliphatic heterocycles. The monoisotopic (exact) mass is 409 g/mol. The van der Waals surface area contributed by atoms with Gasteiger partial charge in [0, 0.05) is 37.9 Å². The molecule has 4 rings (SSSR count). The fraction of sp³-hybridized carbons (Fsp3) is 0.522. The van der Waals surface area contributed by atoms with Gasteiger partial charge in [0.1, 0.15) is 0 Å². The summed E-state index contributed by atoms with van der Waals surface area (Å²) in [6, 6.07) is 10.5. The third-order valence-electron chi connectivity index (χ3n) is 6.46. The van der Waals surface area contributed by atoms with E-state index in [1.165, 1.54) is 0 Å². The molecule has 0 saturated carbocycles. The number of benzene rings is 1. The van der Waals surface area contributed by atoms with Crippen LogP contribution in [0.5, 0.6) is 0 Å². The molecule has 160 valence electrons. The zero-order valence-corrected chi connectivity index (χ0v) is 17.6. The Kier molecular flexibility index (Phi) is 6.47. The normalized spacial score (nSPS) is 20.8. The van der Waals surface area contributed by atoms with E-state index in [0.717, 1.165) is 63.1 Å². The van der Waals surface area contributed by atoms with E-state index < -0.39 is 0 Å². The second-order valence-electron chi connectivity index (χ2n) is 8.47. The van der Waals surface area contributed by atoms with Gasteiger partial charge in [0.25, 0.3) is 5.91 Å². The fourth-order valence-corrected chi connectivity index (χ4v) is 4.65. The minimum absolute atomic E-state index is 0.0516. The number of nitrogens with zero attached hydrogens (tertiary/aromatic N) is 3. The number of aromatic nitrogens is 2. The first-order valence-corrected chi connectivity index (χ1v) is 11.0. The van der Waals surface area contributed by atoms with Crippen LogP contribution >= 0.6 is 0 Å². The Hall–Kier alpha value is -2.67. The van der Waals surface area contributed by atoms with E-state index in [2.05, 4.69) is 20.4 Å². The van der Waals surface area contributed by atoms with Crippen molar-refractivity contribution < 1.29 is 9.59 Å². The lowest BCUT2D eigenvalue weighted by molar-refractivity contribution is -0.127. The molecular formula is C23H31N5O2. The van der Waals surface area contributed by atoms with Crippen LogP contribution in [-0.2, 0) is 11.3 Å². The van der Waals surface area contributed by atoms with Crippen LogP contribution in [0.15, 0.2) is 36.5 Å². The largest absolute Gasteiger partial charge is 0.352 e. The van der Waals surface area contributed by atoms with E-state index in [9.17, 15) is 9.59 Å². The lowest BCUT2D eigenvalue weighted by atomic mass is 9.93. The summed E-state index contributed by atoms with van der Waals surface area (Å²) < 4.78 is 0. The number of aromatic amines is 1. The molecule has 2 saturated heterocycles. The van der Waals surface area contributed by atoms with E-state index in [0.29, 0.717) is 18.2 Å². The first kappa shape index (κ1) is 20.6. The second-order valence-corrected chi connectivity index (χ2v) is 8.47. The predicted molar refractivity (Wildman–Crippen MR) is 115 cm³/mol.